The Bertz CT molecular complexity index is 766. The van der Waals surface area contributed by atoms with E-state index >= 15 is 0 Å². The predicted octanol–water partition coefficient (Wildman–Crippen LogP) is 6.13. The Hall–Kier alpha value is -1.44. The maximum atomic E-state index is 6.33. The summed E-state index contributed by atoms with van der Waals surface area (Å²) in [5.74, 6) is 0.989. The summed E-state index contributed by atoms with van der Waals surface area (Å²) >= 11 is 12.5. The Morgan fingerprint density at radius 1 is 1.14 bits per heavy atom. The van der Waals surface area contributed by atoms with Crippen LogP contribution in [0.2, 0.25) is 10.0 Å². The van der Waals surface area contributed by atoms with Crippen LogP contribution >= 0.6 is 23.2 Å². The summed E-state index contributed by atoms with van der Waals surface area (Å²) in [5.41, 5.74) is 4.92. The molecule has 0 unspecified atom stereocenters. The van der Waals surface area contributed by atoms with Crippen molar-refractivity contribution in [2.75, 3.05) is 5.32 Å². The van der Waals surface area contributed by atoms with Crippen molar-refractivity contribution >= 4 is 28.9 Å². The van der Waals surface area contributed by atoms with Crippen LogP contribution in [0.1, 0.15) is 35.1 Å². The fourth-order valence-electron chi connectivity index (χ4n) is 3.82. The van der Waals surface area contributed by atoms with Crippen LogP contribution in [0, 0.1) is 12.8 Å². The molecule has 0 amide bonds. The lowest BCUT2D eigenvalue weighted by Crippen LogP contribution is -2.29. The van der Waals surface area contributed by atoms with Crippen molar-refractivity contribution < 1.29 is 0 Å². The van der Waals surface area contributed by atoms with Crippen molar-refractivity contribution in [1.82, 2.24) is 0 Å². The van der Waals surface area contributed by atoms with Crippen LogP contribution in [0.3, 0.4) is 0 Å². The highest BCUT2D eigenvalue weighted by Crippen LogP contribution is 2.51. The molecule has 1 aliphatic heterocycles. The van der Waals surface area contributed by atoms with Gasteiger partial charge in [0.1, 0.15) is 0 Å². The molecular weight excluding hydrogens is 313 g/mol. The normalized spacial score (nSPS) is 25.5. The standard InChI is InChI=1S/C19H17Cl2N/c1-11-17(21)9-8-16-14-6-3-7-15(14)19(22-18(11)16)12-4-2-5-13(20)10-12/h2-6,8-10,14-15,19,22H,7H2,1H3/t14-,15-,19-/m1/s1. The number of hydrogen-bond acceptors (Lipinski definition) is 1. The van der Waals surface area contributed by atoms with Crippen LogP contribution in [0.5, 0.6) is 0 Å². The van der Waals surface area contributed by atoms with Crippen molar-refractivity contribution in [2.24, 2.45) is 5.92 Å². The minimum Gasteiger partial charge on any atom is -0.377 e. The summed E-state index contributed by atoms with van der Waals surface area (Å²) in [6.45, 7) is 2.09. The minimum absolute atomic E-state index is 0.267. The van der Waals surface area contributed by atoms with E-state index in [1.165, 1.54) is 16.8 Å². The van der Waals surface area contributed by atoms with Crippen LogP contribution in [0.25, 0.3) is 0 Å². The molecule has 1 heterocycles. The molecular formula is C19H17Cl2N. The smallest absolute Gasteiger partial charge is 0.0554 e. The Balaban J connectivity index is 1.84. The van der Waals surface area contributed by atoms with Crippen molar-refractivity contribution in [3.63, 3.8) is 0 Å². The summed E-state index contributed by atoms with van der Waals surface area (Å²) in [5, 5.41) is 5.34. The first kappa shape index (κ1) is 14.2. The zero-order chi connectivity index (χ0) is 15.3. The topological polar surface area (TPSA) is 12.0 Å². The van der Waals surface area contributed by atoms with Crippen molar-refractivity contribution in [2.45, 2.75) is 25.3 Å². The summed E-state index contributed by atoms with van der Waals surface area (Å²) < 4.78 is 0. The van der Waals surface area contributed by atoms with Gasteiger partial charge in [0.15, 0.2) is 0 Å². The molecule has 0 fully saturated rings. The molecule has 1 nitrogen and oxygen atoms in total. The van der Waals surface area contributed by atoms with Crippen molar-refractivity contribution in [1.29, 1.82) is 0 Å². The first-order valence-corrected chi connectivity index (χ1v) is 8.38. The number of fused-ring (bicyclic) bond motifs is 3. The van der Waals surface area contributed by atoms with Gasteiger partial charge in [-0.15, -0.1) is 0 Å². The van der Waals surface area contributed by atoms with Crippen molar-refractivity contribution in [3.05, 3.63) is 75.3 Å². The minimum atomic E-state index is 0.267. The monoisotopic (exact) mass is 329 g/mol. The SMILES string of the molecule is Cc1c(Cl)ccc2c1N[C@H](c1cccc(Cl)c1)[C@@H]1CC=C[C@@H]21. The number of rotatable bonds is 1. The van der Waals surface area contributed by atoms with E-state index in [9.17, 15) is 0 Å². The molecule has 0 bridgehead atoms. The molecule has 0 radical (unpaired) electrons. The summed E-state index contributed by atoms with van der Waals surface area (Å²) in [6, 6.07) is 12.6. The van der Waals surface area contributed by atoms with E-state index in [0.29, 0.717) is 11.8 Å². The fourth-order valence-corrected chi connectivity index (χ4v) is 4.18. The van der Waals surface area contributed by atoms with Gasteiger partial charge in [0.05, 0.1) is 6.04 Å². The highest BCUT2D eigenvalue weighted by Gasteiger charge is 2.38. The van der Waals surface area contributed by atoms with Crippen LogP contribution in [-0.2, 0) is 0 Å². The van der Waals surface area contributed by atoms with E-state index in [2.05, 4.69) is 42.6 Å². The molecule has 0 spiro atoms. The highest BCUT2D eigenvalue weighted by molar-refractivity contribution is 6.31. The zero-order valence-corrected chi connectivity index (χ0v) is 13.8. The van der Waals surface area contributed by atoms with Gasteiger partial charge >= 0.3 is 0 Å². The van der Waals surface area contributed by atoms with E-state index in [-0.39, 0.29) is 6.04 Å². The average molecular weight is 330 g/mol. The Labute approximate surface area is 140 Å². The molecule has 3 heteroatoms. The van der Waals surface area contributed by atoms with Gasteiger partial charge in [-0.05, 0) is 54.2 Å². The molecule has 3 atom stereocenters. The van der Waals surface area contributed by atoms with Crippen LogP contribution in [-0.4, -0.2) is 0 Å². The molecule has 0 saturated heterocycles. The maximum Gasteiger partial charge on any atom is 0.0554 e. The molecule has 1 N–H and O–H groups in total. The van der Waals surface area contributed by atoms with Crippen molar-refractivity contribution in [3.8, 4) is 0 Å². The van der Waals surface area contributed by atoms with Crippen LogP contribution in [0.4, 0.5) is 5.69 Å². The summed E-state index contributed by atoms with van der Waals surface area (Å²) in [7, 11) is 0. The number of nitrogens with one attached hydrogen (secondary N) is 1. The number of allylic oxidation sites excluding steroid dienone is 2. The Morgan fingerprint density at radius 3 is 2.82 bits per heavy atom. The van der Waals surface area contributed by atoms with E-state index in [0.717, 1.165) is 22.0 Å². The van der Waals surface area contributed by atoms with Gasteiger partial charge in [0, 0.05) is 21.7 Å². The number of halogens is 2. The second-order valence-corrected chi connectivity index (χ2v) is 7.01. The average Bonchev–Trinajstić information content (AvgIpc) is 3.00. The molecule has 1 aliphatic carbocycles. The molecule has 22 heavy (non-hydrogen) atoms. The summed E-state index contributed by atoms with van der Waals surface area (Å²) in [6.07, 6.45) is 5.73. The highest BCUT2D eigenvalue weighted by atomic mass is 35.5. The van der Waals surface area contributed by atoms with Gasteiger partial charge in [-0.3, -0.25) is 0 Å². The lowest BCUT2D eigenvalue weighted by Gasteiger charge is -2.38. The first-order valence-electron chi connectivity index (χ1n) is 7.63. The molecule has 2 aliphatic rings. The van der Waals surface area contributed by atoms with Gasteiger partial charge in [-0.2, -0.15) is 0 Å². The first-order chi connectivity index (χ1) is 10.6. The maximum absolute atomic E-state index is 6.33. The third-order valence-corrected chi connectivity index (χ3v) is 5.58. The van der Waals surface area contributed by atoms with Gasteiger partial charge in [0.25, 0.3) is 0 Å². The quantitative estimate of drug-likeness (QED) is 0.620. The lowest BCUT2D eigenvalue weighted by molar-refractivity contribution is 0.425. The second kappa shape index (κ2) is 5.33. The second-order valence-electron chi connectivity index (χ2n) is 6.17. The third-order valence-electron chi connectivity index (χ3n) is 4.94. The molecule has 0 aromatic heterocycles. The molecule has 112 valence electrons. The number of anilines is 1. The lowest BCUT2D eigenvalue weighted by atomic mass is 9.76. The predicted molar refractivity (Wildman–Crippen MR) is 94.0 cm³/mol. The molecule has 2 aromatic rings. The fraction of sp³-hybridized carbons (Fsp3) is 0.263. The number of hydrogen-bond donors (Lipinski definition) is 1. The molecule has 4 rings (SSSR count). The Kier molecular flexibility index (Phi) is 3.43. The zero-order valence-electron chi connectivity index (χ0n) is 12.3. The van der Waals surface area contributed by atoms with E-state index in [4.69, 9.17) is 23.2 Å². The van der Waals surface area contributed by atoms with Gasteiger partial charge in [-0.25, -0.2) is 0 Å². The molecule has 0 saturated carbocycles. The van der Waals surface area contributed by atoms with Crippen LogP contribution in [0.15, 0.2) is 48.6 Å². The largest absolute Gasteiger partial charge is 0.377 e. The Morgan fingerprint density at radius 2 is 2.00 bits per heavy atom. The number of benzene rings is 2. The van der Waals surface area contributed by atoms with Gasteiger partial charge in [0.2, 0.25) is 0 Å². The van der Waals surface area contributed by atoms with E-state index in [1.54, 1.807) is 0 Å². The van der Waals surface area contributed by atoms with E-state index in [1.807, 2.05) is 18.2 Å². The van der Waals surface area contributed by atoms with Gasteiger partial charge in [-0.1, -0.05) is 53.6 Å². The van der Waals surface area contributed by atoms with Gasteiger partial charge < -0.3 is 5.32 Å². The summed E-state index contributed by atoms with van der Waals surface area (Å²) in [4.78, 5) is 0. The third kappa shape index (κ3) is 2.15. The molecule has 2 aromatic carbocycles. The van der Waals surface area contributed by atoms with Crippen LogP contribution < -0.4 is 5.32 Å². The van der Waals surface area contributed by atoms with E-state index < -0.39 is 0 Å².